The lowest BCUT2D eigenvalue weighted by molar-refractivity contribution is 0.0964. The fourth-order valence-electron chi connectivity index (χ4n) is 2.59. The summed E-state index contributed by atoms with van der Waals surface area (Å²) in [5.41, 5.74) is 3.02. The molecule has 1 N–H and O–H groups in total. The van der Waals surface area contributed by atoms with E-state index in [0.717, 1.165) is 22.0 Å². The van der Waals surface area contributed by atoms with Gasteiger partial charge < -0.3 is 10.1 Å². The summed E-state index contributed by atoms with van der Waals surface area (Å²) >= 11 is 6.33. The van der Waals surface area contributed by atoms with Crippen molar-refractivity contribution in [3.05, 3.63) is 59.2 Å². The lowest BCUT2D eigenvalue weighted by Crippen LogP contribution is -2.18. The van der Waals surface area contributed by atoms with E-state index in [1.165, 1.54) is 0 Å². The first-order valence-electron chi connectivity index (χ1n) is 7.09. The first-order valence-corrected chi connectivity index (χ1v) is 7.47. The Morgan fingerprint density at radius 2 is 2.04 bits per heavy atom. The van der Waals surface area contributed by atoms with Crippen molar-refractivity contribution in [2.75, 3.05) is 14.2 Å². The molecule has 0 aliphatic heterocycles. The van der Waals surface area contributed by atoms with Gasteiger partial charge in [0.25, 0.3) is 5.91 Å². The lowest BCUT2D eigenvalue weighted by atomic mass is 10.0. The number of methoxy groups -OCH3 is 1. The van der Waals surface area contributed by atoms with Crippen molar-refractivity contribution in [2.45, 2.75) is 0 Å². The molecule has 0 saturated heterocycles. The van der Waals surface area contributed by atoms with Crippen molar-refractivity contribution in [1.82, 2.24) is 10.3 Å². The Bertz CT molecular complexity index is 893. The Hall–Kier alpha value is -2.59. The second-order valence-corrected chi connectivity index (χ2v) is 5.39. The minimum atomic E-state index is -0.138. The molecule has 23 heavy (non-hydrogen) atoms. The Balaban J connectivity index is 2.21. The van der Waals surface area contributed by atoms with E-state index in [0.29, 0.717) is 16.3 Å². The molecule has 1 heterocycles. The zero-order chi connectivity index (χ0) is 16.4. The molecule has 0 radical (unpaired) electrons. The molecule has 116 valence electrons. The molecular weight excluding hydrogens is 312 g/mol. The van der Waals surface area contributed by atoms with Crippen molar-refractivity contribution < 1.29 is 9.53 Å². The molecule has 4 nitrogen and oxygen atoms in total. The highest BCUT2D eigenvalue weighted by Crippen LogP contribution is 2.37. The molecule has 0 spiro atoms. The van der Waals surface area contributed by atoms with E-state index in [4.69, 9.17) is 16.3 Å². The Kier molecular flexibility index (Phi) is 4.17. The van der Waals surface area contributed by atoms with E-state index in [1.54, 1.807) is 26.4 Å². The number of amides is 1. The number of pyridine rings is 1. The number of hydrogen-bond acceptors (Lipinski definition) is 3. The number of ether oxygens (including phenoxy) is 1. The van der Waals surface area contributed by atoms with E-state index in [2.05, 4.69) is 10.3 Å². The monoisotopic (exact) mass is 326 g/mol. The molecule has 0 fully saturated rings. The molecule has 3 rings (SSSR count). The topological polar surface area (TPSA) is 51.2 Å². The SMILES string of the molecule is CNC(=O)c1ccnc2cc(-c3c(Cl)cccc3OC)ccc12. The Morgan fingerprint density at radius 1 is 1.22 bits per heavy atom. The predicted octanol–water partition coefficient (Wildman–Crippen LogP) is 3.92. The largest absolute Gasteiger partial charge is 0.496 e. The number of rotatable bonds is 3. The molecule has 0 bridgehead atoms. The summed E-state index contributed by atoms with van der Waals surface area (Å²) < 4.78 is 5.40. The lowest BCUT2D eigenvalue weighted by Gasteiger charge is -2.12. The van der Waals surface area contributed by atoms with Gasteiger partial charge in [-0.25, -0.2) is 0 Å². The van der Waals surface area contributed by atoms with Crippen molar-refractivity contribution >= 4 is 28.4 Å². The van der Waals surface area contributed by atoms with Gasteiger partial charge in [-0.1, -0.05) is 29.8 Å². The van der Waals surface area contributed by atoms with Crippen molar-refractivity contribution in [3.63, 3.8) is 0 Å². The third-order valence-corrected chi connectivity index (χ3v) is 4.01. The average Bonchev–Trinajstić information content (AvgIpc) is 2.59. The van der Waals surface area contributed by atoms with E-state index in [-0.39, 0.29) is 5.91 Å². The molecule has 0 saturated carbocycles. The second-order valence-electron chi connectivity index (χ2n) is 4.99. The van der Waals surface area contributed by atoms with E-state index in [1.807, 2.05) is 36.4 Å². The van der Waals surface area contributed by atoms with Crippen LogP contribution in [0.2, 0.25) is 5.02 Å². The summed E-state index contributed by atoms with van der Waals surface area (Å²) in [5.74, 6) is 0.555. The molecule has 3 aromatic rings. The third-order valence-electron chi connectivity index (χ3n) is 3.70. The molecule has 0 aliphatic rings. The Morgan fingerprint density at radius 3 is 2.78 bits per heavy atom. The number of halogens is 1. The van der Waals surface area contributed by atoms with Gasteiger partial charge in [0, 0.05) is 24.2 Å². The van der Waals surface area contributed by atoms with E-state index in [9.17, 15) is 4.79 Å². The quantitative estimate of drug-likeness (QED) is 0.793. The number of hydrogen-bond donors (Lipinski definition) is 1. The van der Waals surface area contributed by atoms with Crippen LogP contribution in [0.25, 0.3) is 22.0 Å². The zero-order valence-electron chi connectivity index (χ0n) is 12.8. The zero-order valence-corrected chi connectivity index (χ0v) is 13.5. The summed E-state index contributed by atoms with van der Waals surface area (Å²) in [7, 11) is 3.22. The number of nitrogens with one attached hydrogen (secondary N) is 1. The predicted molar refractivity (Wildman–Crippen MR) is 92.1 cm³/mol. The van der Waals surface area contributed by atoms with Crippen LogP contribution in [0.3, 0.4) is 0 Å². The fraction of sp³-hybridized carbons (Fsp3) is 0.111. The number of carbonyl (C=O) groups is 1. The van der Waals surface area contributed by atoms with Gasteiger partial charge in [-0.05, 0) is 29.8 Å². The van der Waals surface area contributed by atoms with Gasteiger partial charge in [0.15, 0.2) is 0 Å². The smallest absolute Gasteiger partial charge is 0.251 e. The van der Waals surface area contributed by atoms with Crippen molar-refractivity contribution in [2.24, 2.45) is 0 Å². The second kappa shape index (κ2) is 6.26. The standard InChI is InChI=1S/C18H15ClN2O2/c1-20-18(22)13-8-9-21-15-10-11(6-7-12(13)15)17-14(19)4-3-5-16(17)23-2/h3-10H,1-2H3,(H,20,22). The maximum Gasteiger partial charge on any atom is 0.251 e. The Labute approximate surface area is 139 Å². The average molecular weight is 327 g/mol. The summed E-state index contributed by atoms with van der Waals surface area (Å²) in [6.45, 7) is 0. The van der Waals surface area contributed by atoms with Crippen molar-refractivity contribution in [3.8, 4) is 16.9 Å². The molecule has 0 unspecified atom stereocenters. The number of nitrogens with zero attached hydrogens (tertiary/aromatic N) is 1. The first-order chi connectivity index (χ1) is 11.2. The van der Waals surface area contributed by atoms with Gasteiger partial charge >= 0.3 is 0 Å². The van der Waals surface area contributed by atoms with Gasteiger partial charge in [0.05, 0.1) is 23.2 Å². The van der Waals surface area contributed by atoms with Gasteiger partial charge in [0.2, 0.25) is 0 Å². The number of benzene rings is 2. The summed E-state index contributed by atoms with van der Waals surface area (Å²) in [6.07, 6.45) is 1.63. The molecule has 1 amide bonds. The number of aromatic nitrogens is 1. The van der Waals surface area contributed by atoms with E-state index < -0.39 is 0 Å². The molecular formula is C18H15ClN2O2. The van der Waals surface area contributed by atoms with Gasteiger partial charge in [-0.3, -0.25) is 9.78 Å². The van der Waals surface area contributed by atoms with Crippen LogP contribution < -0.4 is 10.1 Å². The van der Waals surface area contributed by atoms with Crippen LogP contribution in [0.15, 0.2) is 48.7 Å². The summed E-state index contributed by atoms with van der Waals surface area (Å²) in [4.78, 5) is 16.3. The summed E-state index contributed by atoms with van der Waals surface area (Å²) in [6, 6.07) is 12.9. The minimum absolute atomic E-state index is 0.138. The van der Waals surface area contributed by atoms with Crippen molar-refractivity contribution in [1.29, 1.82) is 0 Å². The normalized spacial score (nSPS) is 10.6. The van der Waals surface area contributed by atoms with Crippen LogP contribution in [0, 0.1) is 0 Å². The maximum absolute atomic E-state index is 12.0. The number of carbonyl (C=O) groups excluding carboxylic acids is 1. The maximum atomic E-state index is 12.0. The molecule has 1 aromatic heterocycles. The van der Waals surface area contributed by atoms with Crippen LogP contribution in [0.1, 0.15) is 10.4 Å². The van der Waals surface area contributed by atoms with Gasteiger partial charge in [0.1, 0.15) is 5.75 Å². The molecule has 5 heteroatoms. The first kappa shape index (κ1) is 15.3. The van der Waals surface area contributed by atoms with Crippen LogP contribution in [0.5, 0.6) is 5.75 Å². The highest BCUT2D eigenvalue weighted by Gasteiger charge is 2.13. The van der Waals surface area contributed by atoms with Crippen LogP contribution >= 0.6 is 11.6 Å². The van der Waals surface area contributed by atoms with Gasteiger partial charge in [-0.15, -0.1) is 0 Å². The van der Waals surface area contributed by atoms with Crippen LogP contribution in [-0.4, -0.2) is 25.0 Å². The van der Waals surface area contributed by atoms with Gasteiger partial charge in [-0.2, -0.15) is 0 Å². The number of fused-ring (bicyclic) bond motifs is 1. The van der Waals surface area contributed by atoms with Crippen LogP contribution in [-0.2, 0) is 0 Å². The fourth-order valence-corrected chi connectivity index (χ4v) is 2.87. The van der Waals surface area contributed by atoms with Crippen LogP contribution in [0.4, 0.5) is 0 Å². The minimum Gasteiger partial charge on any atom is -0.496 e. The molecule has 2 aromatic carbocycles. The third kappa shape index (κ3) is 2.73. The highest BCUT2D eigenvalue weighted by molar-refractivity contribution is 6.33. The molecule has 0 aliphatic carbocycles. The summed E-state index contributed by atoms with van der Waals surface area (Å²) in [5, 5.41) is 4.04. The highest BCUT2D eigenvalue weighted by atomic mass is 35.5. The van der Waals surface area contributed by atoms with E-state index >= 15 is 0 Å². The molecule has 0 atom stereocenters.